The number of rotatable bonds is 5. The molecule has 0 radical (unpaired) electrons. The van der Waals surface area contributed by atoms with Crippen molar-refractivity contribution in [2.45, 2.75) is 68.0 Å². The second-order valence-corrected chi connectivity index (χ2v) is 11.0. The fraction of sp³-hybridized carbons (Fsp3) is 0.600. The minimum atomic E-state index is -0.572. The third kappa shape index (κ3) is 3.54. The number of benzene rings is 1. The number of hydrogen-bond acceptors (Lipinski definition) is 7. The van der Waals surface area contributed by atoms with Crippen molar-refractivity contribution < 1.29 is 15.1 Å². The summed E-state index contributed by atoms with van der Waals surface area (Å²) in [5.74, 6) is 1.95. The summed E-state index contributed by atoms with van der Waals surface area (Å²) in [7, 11) is 3.69. The van der Waals surface area contributed by atoms with Crippen molar-refractivity contribution in [3.05, 3.63) is 34.9 Å². The molecule has 1 aromatic carbocycles. The van der Waals surface area contributed by atoms with Crippen molar-refractivity contribution in [3.8, 4) is 5.75 Å². The molecule has 1 aromatic rings. The van der Waals surface area contributed by atoms with Crippen LogP contribution in [-0.4, -0.2) is 51.8 Å². The van der Waals surface area contributed by atoms with Crippen LogP contribution in [0.25, 0.3) is 0 Å². The van der Waals surface area contributed by atoms with E-state index in [1.54, 1.807) is 0 Å². The zero-order chi connectivity index (χ0) is 19.4. The Bertz CT molecular complexity index is 746. The van der Waals surface area contributed by atoms with Crippen molar-refractivity contribution in [2.75, 3.05) is 13.1 Å². The van der Waals surface area contributed by atoms with Crippen LogP contribution in [0.2, 0.25) is 0 Å². The molecule has 2 atom stereocenters. The number of hydroxylamine groups is 2. The van der Waals surface area contributed by atoms with Crippen LogP contribution in [0.15, 0.2) is 28.7 Å². The maximum Gasteiger partial charge on any atom is 0.130 e. The van der Waals surface area contributed by atoms with E-state index in [1.807, 2.05) is 49.3 Å². The molecule has 3 N–H and O–H groups in total. The zero-order valence-corrected chi connectivity index (χ0v) is 17.9. The summed E-state index contributed by atoms with van der Waals surface area (Å²) in [5, 5.41) is 25.7. The van der Waals surface area contributed by atoms with Crippen LogP contribution in [-0.2, 0) is 12.2 Å². The molecule has 0 saturated carbocycles. The fourth-order valence-electron chi connectivity index (χ4n) is 4.17. The first kappa shape index (κ1) is 19.6. The van der Waals surface area contributed by atoms with Gasteiger partial charge < -0.3 is 20.4 Å². The first-order chi connectivity index (χ1) is 12.7. The van der Waals surface area contributed by atoms with E-state index in [0.29, 0.717) is 13.1 Å². The highest BCUT2D eigenvalue weighted by molar-refractivity contribution is 8.76. The number of hydrogen-bond donors (Lipinski definition) is 3. The predicted molar refractivity (Wildman–Crippen MR) is 110 cm³/mol. The zero-order valence-electron chi connectivity index (χ0n) is 16.3. The molecule has 0 aliphatic carbocycles. The molecule has 0 aromatic heterocycles. The summed E-state index contributed by atoms with van der Waals surface area (Å²) >= 11 is 0. The van der Waals surface area contributed by atoms with Gasteiger partial charge in [-0.15, -0.1) is 0 Å². The Labute approximate surface area is 168 Å². The molecule has 148 valence electrons. The maximum atomic E-state index is 10.6. The van der Waals surface area contributed by atoms with E-state index in [0.717, 1.165) is 23.5 Å². The molecule has 27 heavy (non-hydrogen) atoms. The first-order valence-electron chi connectivity index (χ1n) is 9.40. The van der Waals surface area contributed by atoms with E-state index in [2.05, 4.69) is 23.5 Å². The molecule has 4 rings (SSSR count). The van der Waals surface area contributed by atoms with Gasteiger partial charge in [-0.1, -0.05) is 27.7 Å². The van der Waals surface area contributed by atoms with Gasteiger partial charge in [0.2, 0.25) is 0 Å². The van der Waals surface area contributed by atoms with E-state index < -0.39 is 11.6 Å². The summed E-state index contributed by atoms with van der Waals surface area (Å²) in [6, 6.07) is 4.36. The van der Waals surface area contributed by atoms with Crippen molar-refractivity contribution >= 4 is 21.6 Å². The van der Waals surface area contributed by atoms with Crippen molar-refractivity contribution in [3.63, 3.8) is 0 Å². The highest BCUT2D eigenvalue weighted by Crippen LogP contribution is 2.47. The highest BCUT2D eigenvalue weighted by atomic mass is 33.1. The quantitative estimate of drug-likeness (QED) is 0.510. The largest absolute Gasteiger partial charge is 0.487 e. The third-order valence-corrected chi connectivity index (χ3v) is 8.15. The SMILES string of the molecule is CC1(C)C=C(CNCC(O)C2Cc3cc4c(cc3O2)CSS4)C(C)(C)N1O. The van der Waals surface area contributed by atoms with Gasteiger partial charge in [0.25, 0.3) is 0 Å². The molecule has 3 aliphatic heterocycles. The van der Waals surface area contributed by atoms with E-state index in [1.165, 1.54) is 21.1 Å². The van der Waals surface area contributed by atoms with Gasteiger partial charge in [0.1, 0.15) is 18.0 Å². The Morgan fingerprint density at radius 1 is 1.30 bits per heavy atom. The molecule has 0 amide bonds. The molecular formula is C20H28N2O3S2. The lowest BCUT2D eigenvalue weighted by molar-refractivity contribution is -0.185. The van der Waals surface area contributed by atoms with Crippen molar-refractivity contribution in [1.82, 2.24) is 10.4 Å². The average molecular weight is 409 g/mol. The lowest BCUT2D eigenvalue weighted by Gasteiger charge is -2.36. The van der Waals surface area contributed by atoms with Gasteiger partial charge in [-0.3, -0.25) is 0 Å². The van der Waals surface area contributed by atoms with Crippen LogP contribution in [0.3, 0.4) is 0 Å². The van der Waals surface area contributed by atoms with E-state index >= 15 is 0 Å². The molecule has 0 saturated heterocycles. The molecular weight excluding hydrogens is 380 g/mol. The molecule has 7 heteroatoms. The maximum absolute atomic E-state index is 10.6. The Morgan fingerprint density at radius 3 is 2.78 bits per heavy atom. The number of ether oxygens (including phenoxy) is 1. The minimum Gasteiger partial charge on any atom is -0.487 e. The number of nitrogens with zero attached hydrogens (tertiary/aromatic N) is 1. The van der Waals surface area contributed by atoms with Crippen LogP contribution in [0.4, 0.5) is 0 Å². The molecule has 3 heterocycles. The topological polar surface area (TPSA) is 65.0 Å². The molecule has 0 spiro atoms. The van der Waals surface area contributed by atoms with Gasteiger partial charge in [-0.05, 0) is 56.5 Å². The van der Waals surface area contributed by atoms with Gasteiger partial charge in [0, 0.05) is 30.2 Å². The molecule has 0 fully saturated rings. The molecule has 3 aliphatic rings. The predicted octanol–water partition coefficient (Wildman–Crippen LogP) is 3.38. The Morgan fingerprint density at radius 2 is 2.07 bits per heavy atom. The Hall–Kier alpha value is -0.700. The van der Waals surface area contributed by atoms with Gasteiger partial charge >= 0.3 is 0 Å². The van der Waals surface area contributed by atoms with E-state index in [4.69, 9.17) is 4.74 Å². The van der Waals surface area contributed by atoms with Gasteiger partial charge in [0.05, 0.1) is 11.1 Å². The second kappa shape index (κ2) is 6.97. The third-order valence-electron chi connectivity index (χ3n) is 5.79. The summed E-state index contributed by atoms with van der Waals surface area (Å²) < 4.78 is 6.04. The highest BCUT2D eigenvalue weighted by Gasteiger charge is 2.44. The average Bonchev–Trinajstić information content (AvgIpc) is 3.26. The summed E-state index contributed by atoms with van der Waals surface area (Å²) in [6.45, 7) is 9.10. The monoisotopic (exact) mass is 408 g/mol. The van der Waals surface area contributed by atoms with Crippen LogP contribution >= 0.6 is 21.6 Å². The minimum absolute atomic E-state index is 0.205. The number of fused-ring (bicyclic) bond motifs is 2. The Kier molecular flexibility index (Phi) is 5.06. The fourth-order valence-corrected chi connectivity index (χ4v) is 6.65. The molecule has 2 unspecified atom stereocenters. The number of aliphatic hydroxyl groups excluding tert-OH is 1. The lowest BCUT2D eigenvalue weighted by atomic mass is 9.96. The summed E-state index contributed by atoms with van der Waals surface area (Å²) in [4.78, 5) is 1.34. The summed E-state index contributed by atoms with van der Waals surface area (Å²) in [5.41, 5.74) is 2.86. The summed E-state index contributed by atoms with van der Waals surface area (Å²) in [6.07, 6.45) is 2.08. The normalized spacial score (nSPS) is 26.4. The standard InChI is InChI=1S/C20H28N2O3S2/c1-19(2)8-14(20(3,4)22(19)24)9-21-10-15(23)17-5-12-7-18-13(11-26-27-18)6-16(12)25-17/h6-8,15,17,21,23-24H,5,9-11H2,1-4H3. The van der Waals surface area contributed by atoms with E-state index in [-0.39, 0.29) is 11.6 Å². The van der Waals surface area contributed by atoms with Gasteiger partial charge in [-0.25, -0.2) is 0 Å². The molecule has 0 bridgehead atoms. The van der Waals surface area contributed by atoms with Crippen LogP contribution in [0, 0.1) is 0 Å². The van der Waals surface area contributed by atoms with Crippen LogP contribution in [0.5, 0.6) is 5.75 Å². The van der Waals surface area contributed by atoms with Crippen molar-refractivity contribution in [2.24, 2.45) is 0 Å². The lowest BCUT2D eigenvalue weighted by Crippen LogP contribution is -2.49. The first-order valence-corrected chi connectivity index (χ1v) is 11.7. The van der Waals surface area contributed by atoms with Crippen LogP contribution < -0.4 is 10.1 Å². The number of aliphatic hydroxyl groups is 1. The molecule has 5 nitrogen and oxygen atoms in total. The van der Waals surface area contributed by atoms with Crippen molar-refractivity contribution in [1.29, 1.82) is 0 Å². The van der Waals surface area contributed by atoms with Gasteiger partial charge in [0.15, 0.2) is 0 Å². The number of nitrogens with one attached hydrogen (secondary N) is 1. The van der Waals surface area contributed by atoms with Gasteiger partial charge in [-0.2, -0.15) is 5.06 Å². The van der Waals surface area contributed by atoms with E-state index in [9.17, 15) is 10.3 Å². The Balaban J connectivity index is 1.33. The second-order valence-electron chi connectivity index (χ2n) is 8.67. The van der Waals surface area contributed by atoms with Crippen LogP contribution in [0.1, 0.15) is 38.8 Å². The smallest absolute Gasteiger partial charge is 0.130 e.